The van der Waals surface area contributed by atoms with Crippen LogP contribution < -0.4 is 10.3 Å². The molecule has 0 saturated heterocycles. The summed E-state index contributed by atoms with van der Waals surface area (Å²) in [7, 11) is -3.56. The van der Waals surface area contributed by atoms with Crippen LogP contribution in [-0.2, 0) is 21.4 Å². The Bertz CT molecular complexity index is 1180. The van der Waals surface area contributed by atoms with Gasteiger partial charge in [0.2, 0.25) is 15.9 Å². The van der Waals surface area contributed by atoms with Crippen LogP contribution in [0.25, 0.3) is 16.8 Å². The van der Waals surface area contributed by atoms with Gasteiger partial charge in [0.25, 0.3) is 5.56 Å². The van der Waals surface area contributed by atoms with Gasteiger partial charge >= 0.3 is 0 Å². The zero-order valence-electron chi connectivity index (χ0n) is 16.1. The van der Waals surface area contributed by atoms with E-state index in [2.05, 4.69) is 10.2 Å². The Hall–Kier alpha value is -3.27. The van der Waals surface area contributed by atoms with Gasteiger partial charge in [-0.15, -0.1) is 0 Å². The Balaban J connectivity index is 1.65. The van der Waals surface area contributed by atoms with Crippen LogP contribution in [0.15, 0.2) is 53.6 Å². The number of benzene rings is 1. The van der Waals surface area contributed by atoms with Gasteiger partial charge in [0.15, 0.2) is 0 Å². The molecule has 1 N–H and O–H groups in total. The maximum atomic E-state index is 12.4. The molecule has 0 aliphatic rings. The van der Waals surface area contributed by atoms with Gasteiger partial charge in [-0.2, -0.15) is 15.0 Å². The van der Waals surface area contributed by atoms with Crippen molar-refractivity contribution < 1.29 is 13.2 Å². The molecule has 0 saturated carbocycles. The first kappa shape index (κ1) is 20.5. The number of pyridine rings is 1. The summed E-state index contributed by atoms with van der Waals surface area (Å²) in [6, 6.07) is 10.9. The Morgan fingerprint density at radius 2 is 1.86 bits per heavy atom. The highest BCUT2D eigenvalue weighted by Gasteiger charge is 2.09. The summed E-state index contributed by atoms with van der Waals surface area (Å²) in [5.74, 6) is -0.584. The van der Waals surface area contributed by atoms with Crippen molar-refractivity contribution in [3.05, 3.63) is 64.8 Å². The van der Waals surface area contributed by atoms with Crippen molar-refractivity contribution >= 4 is 15.9 Å². The normalized spacial score (nSPS) is 11.4. The lowest BCUT2D eigenvalue weighted by atomic mass is 10.1. The minimum Gasteiger partial charge on any atom is -0.315 e. The second kappa shape index (κ2) is 8.39. The molecule has 0 aliphatic heterocycles. The molecule has 152 valence electrons. The molecule has 0 fully saturated rings. The Kier molecular flexibility index (Phi) is 5.92. The highest BCUT2D eigenvalue weighted by atomic mass is 32.2. The van der Waals surface area contributed by atoms with Gasteiger partial charge in [-0.3, -0.25) is 14.3 Å². The van der Waals surface area contributed by atoms with Crippen LogP contribution in [0, 0.1) is 6.92 Å². The van der Waals surface area contributed by atoms with E-state index in [0.717, 1.165) is 28.8 Å². The number of carbonyl (C=O) groups excluding carboxylic acids is 1. The molecule has 3 rings (SSSR count). The molecule has 0 spiro atoms. The van der Waals surface area contributed by atoms with Gasteiger partial charge in [0, 0.05) is 25.2 Å². The highest BCUT2D eigenvalue weighted by Crippen LogP contribution is 2.19. The first-order valence-electron chi connectivity index (χ1n) is 8.92. The fourth-order valence-electron chi connectivity index (χ4n) is 2.79. The van der Waals surface area contributed by atoms with Gasteiger partial charge in [0.1, 0.15) is 0 Å². The van der Waals surface area contributed by atoms with E-state index in [1.165, 1.54) is 15.4 Å². The van der Waals surface area contributed by atoms with Gasteiger partial charge in [-0.25, -0.2) is 8.42 Å². The number of aromatic nitrogens is 4. The van der Waals surface area contributed by atoms with E-state index in [0.29, 0.717) is 13.0 Å². The summed E-state index contributed by atoms with van der Waals surface area (Å²) in [4.78, 5) is 25.4. The van der Waals surface area contributed by atoms with E-state index in [1.807, 2.05) is 42.0 Å². The van der Waals surface area contributed by atoms with Crippen LogP contribution in [0.3, 0.4) is 0 Å². The molecule has 9 nitrogen and oxygen atoms in total. The molecule has 2 aromatic heterocycles. The van der Waals surface area contributed by atoms with Crippen LogP contribution in [0.4, 0.5) is 0 Å². The van der Waals surface area contributed by atoms with Crippen molar-refractivity contribution in [1.29, 1.82) is 0 Å². The van der Waals surface area contributed by atoms with E-state index in [4.69, 9.17) is 0 Å². The lowest BCUT2D eigenvalue weighted by Gasteiger charge is -2.08. The molecule has 10 heteroatoms. The van der Waals surface area contributed by atoms with Crippen molar-refractivity contribution in [1.82, 2.24) is 24.3 Å². The molecule has 0 radical (unpaired) electrons. The second-order valence-corrected chi connectivity index (χ2v) is 8.42. The van der Waals surface area contributed by atoms with Gasteiger partial charge in [-0.05, 0) is 42.7 Å². The van der Waals surface area contributed by atoms with Gasteiger partial charge < -0.3 is 4.57 Å². The summed E-state index contributed by atoms with van der Waals surface area (Å²) in [6.45, 7) is 2.19. The summed E-state index contributed by atoms with van der Waals surface area (Å²) in [5, 5.41) is 8.42. The van der Waals surface area contributed by atoms with Crippen molar-refractivity contribution in [2.75, 3.05) is 6.26 Å². The Morgan fingerprint density at radius 1 is 1.14 bits per heavy atom. The molecule has 0 aliphatic carbocycles. The van der Waals surface area contributed by atoms with Crippen LogP contribution in [0.5, 0.6) is 0 Å². The average Bonchev–Trinajstić information content (AvgIpc) is 3.08. The third-order valence-corrected chi connectivity index (χ3v) is 4.73. The van der Waals surface area contributed by atoms with E-state index < -0.39 is 15.9 Å². The minimum absolute atomic E-state index is 0.0175. The monoisotopic (exact) mass is 415 g/mol. The smallest absolute Gasteiger partial charge is 0.251 e. The first-order valence-corrected chi connectivity index (χ1v) is 10.8. The number of nitrogens with one attached hydrogen (secondary N) is 1. The molecule has 2 heterocycles. The summed E-state index contributed by atoms with van der Waals surface area (Å²) >= 11 is 0. The lowest BCUT2D eigenvalue weighted by Crippen LogP contribution is -2.29. The topological polar surface area (TPSA) is 116 Å². The van der Waals surface area contributed by atoms with Crippen LogP contribution in [-0.4, -0.2) is 40.1 Å². The maximum absolute atomic E-state index is 12.4. The van der Waals surface area contributed by atoms with Crippen LogP contribution in [0.1, 0.15) is 18.5 Å². The number of aryl methyl sites for hydroxylation is 2. The number of hydrogen-bond donors (Lipinski definition) is 1. The van der Waals surface area contributed by atoms with Crippen molar-refractivity contribution in [3.8, 4) is 16.8 Å². The van der Waals surface area contributed by atoms with Crippen molar-refractivity contribution in [2.24, 2.45) is 0 Å². The van der Waals surface area contributed by atoms with E-state index in [9.17, 15) is 18.0 Å². The Labute approximate surface area is 168 Å². The molecule has 1 amide bonds. The third kappa shape index (κ3) is 5.61. The van der Waals surface area contributed by atoms with E-state index in [-0.39, 0.29) is 12.0 Å². The average molecular weight is 415 g/mol. The van der Waals surface area contributed by atoms with Crippen molar-refractivity contribution in [3.63, 3.8) is 0 Å². The zero-order chi connectivity index (χ0) is 21.0. The second-order valence-electron chi connectivity index (χ2n) is 6.67. The molecule has 3 aromatic rings. The third-order valence-electron chi connectivity index (χ3n) is 4.14. The molecular formula is C19H21N5O4S. The largest absolute Gasteiger partial charge is 0.315 e. The number of carbonyl (C=O) groups is 1. The predicted molar refractivity (Wildman–Crippen MR) is 108 cm³/mol. The zero-order valence-corrected chi connectivity index (χ0v) is 16.9. The number of hydrogen-bond acceptors (Lipinski definition) is 6. The molecule has 0 atom stereocenters. The Morgan fingerprint density at radius 3 is 2.45 bits per heavy atom. The summed E-state index contributed by atoms with van der Waals surface area (Å²) in [5.41, 5.74) is 3.11. The SMILES string of the molecule is Cc1cnn(-c2ccc(-c3ccn(CCCC(=O)NS(C)(=O)=O)c(=O)c3)cc2)n1. The number of amides is 1. The standard InChI is InChI=1S/C19H21N5O4S/c1-14-13-20-24(21-14)17-7-5-15(6-8-17)16-9-11-23(19(26)12-16)10-3-4-18(25)22-29(2,27)28/h5-9,11-13H,3-4,10H2,1-2H3,(H,22,25). The number of rotatable bonds is 7. The van der Waals surface area contributed by atoms with Gasteiger partial charge in [-0.1, -0.05) is 12.1 Å². The minimum atomic E-state index is -3.56. The van der Waals surface area contributed by atoms with Gasteiger partial charge in [0.05, 0.1) is 23.8 Å². The molecule has 0 unspecified atom stereocenters. The van der Waals surface area contributed by atoms with Crippen molar-refractivity contribution in [2.45, 2.75) is 26.3 Å². The molecular weight excluding hydrogens is 394 g/mol. The molecule has 29 heavy (non-hydrogen) atoms. The van der Waals surface area contributed by atoms with E-state index >= 15 is 0 Å². The summed E-state index contributed by atoms with van der Waals surface area (Å²) < 4.78 is 25.4. The fourth-order valence-corrected chi connectivity index (χ4v) is 3.31. The van der Waals surface area contributed by atoms with Crippen LogP contribution in [0.2, 0.25) is 0 Å². The maximum Gasteiger partial charge on any atom is 0.251 e. The summed E-state index contributed by atoms with van der Waals surface area (Å²) in [6.07, 6.45) is 4.64. The number of sulfonamides is 1. The quantitative estimate of drug-likeness (QED) is 0.621. The first-order chi connectivity index (χ1) is 13.7. The van der Waals surface area contributed by atoms with E-state index in [1.54, 1.807) is 12.4 Å². The van der Waals surface area contributed by atoms with Crippen LogP contribution >= 0.6 is 0 Å². The lowest BCUT2D eigenvalue weighted by molar-refractivity contribution is -0.119. The molecule has 1 aromatic carbocycles. The molecule has 0 bridgehead atoms. The highest BCUT2D eigenvalue weighted by molar-refractivity contribution is 7.89. The fraction of sp³-hybridized carbons (Fsp3) is 0.263. The predicted octanol–water partition coefficient (Wildman–Crippen LogP) is 1.26. The number of nitrogens with zero attached hydrogens (tertiary/aromatic N) is 4.